The summed E-state index contributed by atoms with van der Waals surface area (Å²) in [4.78, 5) is 0. The fourth-order valence-corrected chi connectivity index (χ4v) is 2.03. The van der Waals surface area contributed by atoms with Gasteiger partial charge in [-0.1, -0.05) is 6.07 Å². The number of fused-ring (bicyclic) bond motifs is 1. The van der Waals surface area contributed by atoms with Gasteiger partial charge in [0.2, 0.25) is 0 Å². The number of furan rings is 1. The van der Waals surface area contributed by atoms with Crippen molar-refractivity contribution in [3.05, 3.63) is 30.0 Å². The second kappa shape index (κ2) is 4.98. The number of benzene rings is 1. The van der Waals surface area contributed by atoms with Crippen molar-refractivity contribution in [2.75, 3.05) is 6.61 Å². The molecule has 2 aromatic rings. The van der Waals surface area contributed by atoms with Gasteiger partial charge in [-0.2, -0.15) is 21.6 Å². The van der Waals surface area contributed by atoms with Gasteiger partial charge in [0.05, 0.1) is 12.0 Å². The van der Waals surface area contributed by atoms with Crippen molar-refractivity contribution in [1.82, 2.24) is 0 Å². The first-order valence-corrected chi connectivity index (χ1v) is 6.78. The molecule has 0 radical (unpaired) electrons. The third-order valence-corrected chi connectivity index (χ3v) is 3.38. The summed E-state index contributed by atoms with van der Waals surface area (Å²) in [7, 11) is -5.74. The van der Waals surface area contributed by atoms with Crippen molar-refractivity contribution in [2.24, 2.45) is 0 Å². The molecule has 0 bridgehead atoms. The average molecular weight is 310 g/mol. The quantitative estimate of drug-likeness (QED) is 0.692. The molecule has 0 aliphatic heterocycles. The van der Waals surface area contributed by atoms with Crippen molar-refractivity contribution in [3.63, 3.8) is 0 Å². The Hall–Kier alpha value is -1.74. The van der Waals surface area contributed by atoms with Crippen LogP contribution in [0.2, 0.25) is 0 Å². The summed E-state index contributed by atoms with van der Waals surface area (Å²) in [5.74, 6) is -0.171. The summed E-state index contributed by atoms with van der Waals surface area (Å²) < 4.78 is 68.1. The molecule has 0 unspecified atom stereocenters. The van der Waals surface area contributed by atoms with E-state index in [0.717, 1.165) is 6.07 Å². The summed E-state index contributed by atoms with van der Waals surface area (Å²) in [6.45, 7) is -0.211. The number of rotatable bonds is 4. The SMILES string of the molecule is O=S(=O)(Oc1cccc2oc(CCO)cc12)C(F)(F)F. The van der Waals surface area contributed by atoms with Crippen molar-refractivity contribution < 1.29 is 35.3 Å². The first kappa shape index (κ1) is 14.7. The maximum absolute atomic E-state index is 12.3. The van der Waals surface area contributed by atoms with Crippen LogP contribution in [0.5, 0.6) is 5.75 Å². The van der Waals surface area contributed by atoms with E-state index in [-0.39, 0.29) is 24.0 Å². The second-order valence-electron chi connectivity index (χ2n) is 3.84. The van der Waals surface area contributed by atoms with E-state index in [1.807, 2.05) is 0 Å². The van der Waals surface area contributed by atoms with Crippen LogP contribution in [0, 0.1) is 0 Å². The lowest BCUT2D eigenvalue weighted by molar-refractivity contribution is -0.0499. The molecule has 0 aliphatic carbocycles. The maximum atomic E-state index is 12.3. The van der Waals surface area contributed by atoms with Gasteiger partial charge in [-0.3, -0.25) is 0 Å². The Labute approximate surface area is 111 Å². The normalized spacial score (nSPS) is 12.8. The molecule has 0 atom stereocenters. The number of hydrogen-bond acceptors (Lipinski definition) is 5. The molecule has 1 N–H and O–H groups in total. The smallest absolute Gasteiger partial charge is 0.461 e. The molecule has 0 saturated heterocycles. The molecule has 0 aliphatic rings. The molecule has 2 rings (SSSR count). The van der Waals surface area contributed by atoms with Crippen molar-refractivity contribution in [3.8, 4) is 5.75 Å². The molecule has 9 heteroatoms. The third-order valence-electron chi connectivity index (χ3n) is 2.41. The molecule has 0 amide bonds. The highest BCUT2D eigenvalue weighted by Crippen LogP contribution is 2.33. The van der Waals surface area contributed by atoms with Crippen molar-refractivity contribution in [1.29, 1.82) is 0 Å². The Balaban J connectivity index is 2.45. The lowest BCUT2D eigenvalue weighted by atomic mass is 10.2. The van der Waals surface area contributed by atoms with E-state index in [9.17, 15) is 21.6 Å². The zero-order valence-electron chi connectivity index (χ0n) is 9.85. The molecule has 1 heterocycles. The van der Waals surface area contributed by atoms with Gasteiger partial charge in [0.25, 0.3) is 0 Å². The molecule has 0 spiro atoms. The van der Waals surface area contributed by atoms with Gasteiger partial charge >= 0.3 is 15.6 Å². The van der Waals surface area contributed by atoms with E-state index in [4.69, 9.17) is 9.52 Å². The predicted octanol–water partition coefficient (Wildman–Crippen LogP) is 2.20. The van der Waals surface area contributed by atoms with Crippen LogP contribution in [-0.2, 0) is 16.5 Å². The minimum Gasteiger partial charge on any atom is -0.461 e. The van der Waals surface area contributed by atoms with E-state index in [0.29, 0.717) is 5.76 Å². The van der Waals surface area contributed by atoms with E-state index in [1.54, 1.807) is 0 Å². The van der Waals surface area contributed by atoms with E-state index in [1.165, 1.54) is 18.2 Å². The highest BCUT2D eigenvalue weighted by molar-refractivity contribution is 7.88. The van der Waals surface area contributed by atoms with E-state index in [2.05, 4.69) is 4.18 Å². The second-order valence-corrected chi connectivity index (χ2v) is 5.38. The fraction of sp³-hybridized carbons (Fsp3) is 0.273. The maximum Gasteiger partial charge on any atom is 0.534 e. The molecule has 1 aromatic heterocycles. The minimum absolute atomic E-state index is 0.0868. The Morgan fingerprint density at radius 3 is 2.60 bits per heavy atom. The van der Waals surface area contributed by atoms with Crippen LogP contribution in [0.1, 0.15) is 5.76 Å². The number of alkyl halides is 3. The molecular formula is C11H9F3O5S. The predicted molar refractivity (Wildman–Crippen MR) is 62.6 cm³/mol. The zero-order valence-corrected chi connectivity index (χ0v) is 10.7. The Bertz CT molecular complexity index is 717. The molecular weight excluding hydrogens is 301 g/mol. The number of aliphatic hydroxyl groups is 1. The largest absolute Gasteiger partial charge is 0.534 e. The minimum atomic E-state index is -5.74. The topological polar surface area (TPSA) is 76.7 Å². The van der Waals surface area contributed by atoms with Gasteiger partial charge in [0.1, 0.15) is 11.3 Å². The summed E-state index contributed by atoms with van der Waals surface area (Å²) >= 11 is 0. The highest BCUT2D eigenvalue weighted by Gasteiger charge is 2.48. The summed E-state index contributed by atoms with van der Waals surface area (Å²) in [5.41, 5.74) is -5.34. The van der Waals surface area contributed by atoms with Gasteiger partial charge in [-0.25, -0.2) is 0 Å². The van der Waals surface area contributed by atoms with Crippen LogP contribution in [0.4, 0.5) is 13.2 Å². The molecule has 20 heavy (non-hydrogen) atoms. The standard InChI is InChI=1S/C11H9F3O5S/c12-11(13,14)20(16,17)19-10-3-1-2-9-8(10)6-7(18-9)4-5-15/h1-3,6,15H,4-5H2. The first-order chi connectivity index (χ1) is 9.24. The molecule has 0 saturated carbocycles. The average Bonchev–Trinajstić information content (AvgIpc) is 2.71. The van der Waals surface area contributed by atoms with Crippen molar-refractivity contribution >= 4 is 21.1 Å². The van der Waals surface area contributed by atoms with E-state index < -0.39 is 21.4 Å². The Morgan fingerprint density at radius 2 is 2.00 bits per heavy atom. The molecule has 1 aromatic carbocycles. The molecule has 0 fully saturated rings. The van der Waals surface area contributed by atoms with Crippen LogP contribution >= 0.6 is 0 Å². The number of halogens is 3. The zero-order chi connectivity index (χ0) is 15.0. The lowest BCUT2D eigenvalue weighted by Gasteiger charge is -2.09. The van der Waals surface area contributed by atoms with Crippen LogP contribution in [0.25, 0.3) is 11.0 Å². The van der Waals surface area contributed by atoms with Gasteiger partial charge in [0.15, 0.2) is 5.75 Å². The lowest BCUT2D eigenvalue weighted by Crippen LogP contribution is -2.28. The first-order valence-electron chi connectivity index (χ1n) is 5.37. The van der Waals surface area contributed by atoms with Gasteiger partial charge in [-0.05, 0) is 18.2 Å². The molecule has 5 nitrogen and oxygen atoms in total. The summed E-state index contributed by atoms with van der Waals surface area (Å²) in [5, 5.41) is 8.86. The summed E-state index contributed by atoms with van der Waals surface area (Å²) in [6.07, 6.45) is 0.153. The fourth-order valence-electron chi connectivity index (χ4n) is 1.56. The van der Waals surface area contributed by atoms with Crippen LogP contribution in [0.3, 0.4) is 0 Å². The molecule has 110 valence electrons. The Kier molecular flexibility index (Phi) is 3.65. The summed E-state index contributed by atoms with van der Waals surface area (Å²) in [6, 6.07) is 5.16. The number of aliphatic hydroxyl groups excluding tert-OH is 1. The van der Waals surface area contributed by atoms with Gasteiger partial charge < -0.3 is 13.7 Å². The number of hydrogen-bond donors (Lipinski definition) is 1. The van der Waals surface area contributed by atoms with Crippen LogP contribution in [-0.4, -0.2) is 25.6 Å². The van der Waals surface area contributed by atoms with Crippen molar-refractivity contribution in [2.45, 2.75) is 11.9 Å². The van der Waals surface area contributed by atoms with Crippen LogP contribution in [0.15, 0.2) is 28.7 Å². The Morgan fingerprint density at radius 1 is 1.30 bits per heavy atom. The third kappa shape index (κ3) is 2.73. The van der Waals surface area contributed by atoms with Gasteiger partial charge in [-0.15, -0.1) is 0 Å². The van der Waals surface area contributed by atoms with Crippen LogP contribution < -0.4 is 4.18 Å². The van der Waals surface area contributed by atoms with E-state index >= 15 is 0 Å². The highest BCUT2D eigenvalue weighted by atomic mass is 32.2. The van der Waals surface area contributed by atoms with Gasteiger partial charge in [0, 0.05) is 6.42 Å². The monoisotopic (exact) mass is 310 g/mol.